The van der Waals surface area contributed by atoms with Crippen molar-refractivity contribution in [2.45, 2.75) is 26.4 Å². The van der Waals surface area contributed by atoms with Crippen LogP contribution in [-0.4, -0.2) is 21.6 Å². The third-order valence-electron chi connectivity index (χ3n) is 4.55. The molecule has 134 valence electrons. The smallest absolute Gasteiger partial charge is 0.226 e. The molecular formula is C22H20N4O. The average Bonchev–Trinajstić information content (AvgIpc) is 3.10. The second-order valence-electron chi connectivity index (χ2n) is 6.62. The van der Waals surface area contributed by atoms with E-state index in [2.05, 4.69) is 20.3 Å². The summed E-state index contributed by atoms with van der Waals surface area (Å²) in [6.45, 7) is 3.11. The van der Waals surface area contributed by atoms with Gasteiger partial charge in [0.25, 0.3) is 0 Å². The lowest BCUT2D eigenvalue weighted by atomic mass is 10.0. The maximum atomic E-state index is 12.2. The van der Waals surface area contributed by atoms with Crippen LogP contribution in [0.2, 0.25) is 0 Å². The monoisotopic (exact) mass is 356 g/mol. The molecule has 3 heterocycles. The summed E-state index contributed by atoms with van der Waals surface area (Å²) in [7, 11) is 0. The predicted molar refractivity (Wildman–Crippen MR) is 105 cm³/mol. The van der Waals surface area contributed by atoms with Crippen LogP contribution < -0.4 is 5.32 Å². The molecule has 0 unspecified atom stereocenters. The summed E-state index contributed by atoms with van der Waals surface area (Å²) in [6, 6.07) is 15.9. The van der Waals surface area contributed by atoms with Crippen molar-refractivity contribution >= 4 is 11.6 Å². The summed E-state index contributed by atoms with van der Waals surface area (Å²) in [5.74, 6) is -0.0322. The van der Waals surface area contributed by atoms with E-state index in [1.54, 1.807) is 6.20 Å². The summed E-state index contributed by atoms with van der Waals surface area (Å²) in [5.41, 5.74) is 6.96. The number of carbonyl (C=O) groups excluding carboxylic acids is 1. The molecule has 0 aliphatic carbocycles. The highest BCUT2D eigenvalue weighted by atomic mass is 16.1. The average molecular weight is 356 g/mol. The summed E-state index contributed by atoms with van der Waals surface area (Å²) in [6.07, 6.45) is 3.89. The molecule has 5 nitrogen and oxygen atoms in total. The van der Waals surface area contributed by atoms with Crippen LogP contribution in [0.1, 0.15) is 33.6 Å². The molecule has 27 heavy (non-hydrogen) atoms. The molecule has 1 aromatic carbocycles. The Labute approximate surface area is 158 Å². The van der Waals surface area contributed by atoms with Crippen molar-refractivity contribution in [3.8, 4) is 0 Å². The number of aromatic nitrogens is 2. The fourth-order valence-electron chi connectivity index (χ4n) is 3.20. The van der Waals surface area contributed by atoms with Gasteiger partial charge in [-0.05, 0) is 36.2 Å². The van der Waals surface area contributed by atoms with Crippen molar-refractivity contribution in [1.82, 2.24) is 15.3 Å². The van der Waals surface area contributed by atoms with Gasteiger partial charge in [-0.2, -0.15) is 0 Å². The zero-order valence-electron chi connectivity index (χ0n) is 15.1. The number of aliphatic imine (C=N–C) groups is 1. The molecule has 1 N–H and O–H groups in total. The van der Waals surface area contributed by atoms with E-state index in [4.69, 9.17) is 0 Å². The van der Waals surface area contributed by atoms with Crippen LogP contribution in [0.25, 0.3) is 0 Å². The molecule has 0 bridgehead atoms. The van der Waals surface area contributed by atoms with Crippen molar-refractivity contribution < 1.29 is 4.79 Å². The second kappa shape index (κ2) is 7.50. The van der Waals surface area contributed by atoms with Gasteiger partial charge in [0.1, 0.15) is 0 Å². The molecule has 2 aromatic heterocycles. The highest BCUT2D eigenvalue weighted by Gasteiger charge is 2.19. The molecule has 0 spiro atoms. The van der Waals surface area contributed by atoms with E-state index < -0.39 is 0 Å². The first-order valence-electron chi connectivity index (χ1n) is 8.95. The van der Waals surface area contributed by atoms with Crippen LogP contribution in [0.5, 0.6) is 0 Å². The van der Waals surface area contributed by atoms with Crippen LogP contribution in [-0.2, 0) is 24.3 Å². The molecule has 1 amide bonds. The number of pyridine rings is 2. The van der Waals surface area contributed by atoms with E-state index in [0.717, 1.165) is 39.4 Å². The van der Waals surface area contributed by atoms with Crippen molar-refractivity contribution in [3.05, 3.63) is 94.6 Å². The Kier molecular flexibility index (Phi) is 4.75. The van der Waals surface area contributed by atoms with Crippen LogP contribution in [0, 0.1) is 6.92 Å². The minimum Gasteiger partial charge on any atom is -0.352 e. The van der Waals surface area contributed by atoms with E-state index in [9.17, 15) is 4.79 Å². The second-order valence-corrected chi connectivity index (χ2v) is 6.62. The van der Waals surface area contributed by atoms with Crippen molar-refractivity contribution in [2.24, 2.45) is 4.99 Å². The van der Waals surface area contributed by atoms with Gasteiger partial charge in [0, 0.05) is 35.8 Å². The van der Waals surface area contributed by atoms with Crippen molar-refractivity contribution in [1.29, 1.82) is 0 Å². The van der Waals surface area contributed by atoms with Gasteiger partial charge in [-0.3, -0.25) is 19.8 Å². The standard InChI is InChI=1S/C22H20N4O/c1-15-9-17(7-8-23-15)22-20-14-24-19(10-18(20)13-26-22)11-21(27)25-12-16-5-3-2-4-6-16/h2-10,14H,11-13H2,1H3,(H,25,27). The summed E-state index contributed by atoms with van der Waals surface area (Å²) < 4.78 is 0. The molecule has 1 aliphatic rings. The predicted octanol–water partition coefficient (Wildman–Crippen LogP) is 2.99. The molecule has 5 heteroatoms. The molecule has 4 rings (SSSR count). The maximum Gasteiger partial charge on any atom is 0.226 e. The lowest BCUT2D eigenvalue weighted by molar-refractivity contribution is -0.120. The number of nitrogens with zero attached hydrogens (tertiary/aromatic N) is 3. The van der Waals surface area contributed by atoms with Crippen molar-refractivity contribution in [3.63, 3.8) is 0 Å². The first kappa shape index (κ1) is 17.1. The minimum atomic E-state index is -0.0322. The van der Waals surface area contributed by atoms with Gasteiger partial charge in [0.2, 0.25) is 5.91 Å². The Hall–Kier alpha value is -3.34. The van der Waals surface area contributed by atoms with E-state index in [1.165, 1.54) is 0 Å². The Morgan fingerprint density at radius 2 is 1.96 bits per heavy atom. The summed E-state index contributed by atoms with van der Waals surface area (Å²) in [4.78, 5) is 25.6. The number of rotatable bonds is 5. The Balaban J connectivity index is 1.43. The lowest BCUT2D eigenvalue weighted by Gasteiger charge is -2.08. The Morgan fingerprint density at radius 1 is 1.11 bits per heavy atom. The number of amides is 1. The van der Waals surface area contributed by atoms with Gasteiger partial charge >= 0.3 is 0 Å². The zero-order valence-corrected chi connectivity index (χ0v) is 15.1. The zero-order chi connectivity index (χ0) is 18.6. The maximum absolute atomic E-state index is 12.2. The number of fused-ring (bicyclic) bond motifs is 1. The van der Waals surface area contributed by atoms with Crippen LogP contribution in [0.15, 0.2) is 65.9 Å². The van der Waals surface area contributed by atoms with Gasteiger partial charge in [0.05, 0.1) is 24.4 Å². The van der Waals surface area contributed by atoms with Crippen LogP contribution >= 0.6 is 0 Å². The number of carbonyl (C=O) groups is 1. The largest absolute Gasteiger partial charge is 0.352 e. The molecule has 0 saturated carbocycles. The summed E-state index contributed by atoms with van der Waals surface area (Å²) >= 11 is 0. The number of benzene rings is 1. The van der Waals surface area contributed by atoms with E-state index in [0.29, 0.717) is 13.1 Å². The third-order valence-corrected chi connectivity index (χ3v) is 4.55. The third kappa shape index (κ3) is 3.92. The van der Waals surface area contributed by atoms with Gasteiger partial charge in [0.15, 0.2) is 0 Å². The van der Waals surface area contributed by atoms with Gasteiger partial charge in [-0.1, -0.05) is 30.3 Å². The molecular weight excluding hydrogens is 336 g/mol. The quantitative estimate of drug-likeness (QED) is 0.764. The van der Waals surface area contributed by atoms with E-state index in [-0.39, 0.29) is 12.3 Å². The fourth-order valence-corrected chi connectivity index (χ4v) is 3.20. The van der Waals surface area contributed by atoms with Gasteiger partial charge in [-0.15, -0.1) is 0 Å². The van der Waals surface area contributed by atoms with Gasteiger partial charge < -0.3 is 5.32 Å². The molecule has 0 fully saturated rings. The number of nitrogens with one attached hydrogen (secondary N) is 1. The first-order chi connectivity index (χ1) is 13.2. The van der Waals surface area contributed by atoms with Crippen LogP contribution in [0.3, 0.4) is 0 Å². The number of hydrogen-bond acceptors (Lipinski definition) is 4. The molecule has 3 aromatic rings. The molecule has 0 saturated heterocycles. The fraction of sp³-hybridized carbons (Fsp3) is 0.182. The Bertz CT molecular complexity index is 1010. The topological polar surface area (TPSA) is 67.2 Å². The van der Waals surface area contributed by atoms with E-state index in [1.807, 2.05) is 61.7 Å². The first-order valence-corrected chi connectivity index (χ1v) is 8.95. The molecule has 1 aliphatic heterocycles. The number of aryl methyl sites for hydroxylation is 1. The van der Waals surface area contributed by atoms with Crippen LogP contribution in [0.4, 0.5) is 0 Å². The normalized spacial score (nSPS) is 12.4. The summed E-state index contributed by atoms with van der Waals surface area (Å²) in [5, 5.41) is 2.94. The minimum absolute atomic E-state index is 0.0322. The van der Waals surface area contributed by atoms with Crippen molar-refractivity contribution in [2.75, 3.05) is 0 Å². The highest BCUT2D eigenvalue weighted by Crippen LogP contribution is 2.23. The molecule has 0 radical (unpaired) electrons. The molecule has 0 atom stereocenters. The Morgan fingerprint density at radius 3 is 2.78 bits per heavy atom. The van der Waals surface area contributed by atoms with Gasteiger partial charge in [-0.25, -0.2) is 0 Å². The number of hydrogen-bond donors (Lipinski definition) is 1. The van der Waals surface area contributed by atoms with E-state index >= 15 is 0 Å². The highest BCUT2D eigenvalue weighted by molar-refractivity contribution is 6.15. The lowest BCUT2D eigenvalue weighted by Crippen LogP contribution is -2.25. The SMILES string of the molecule is Cc1cc(C2=NCc3cc(CC(=O)NCc4ccccc4)ncc32)ccn1.